The lowest BCUT2D eigenvalue weighted by Crippen LogP contribution is -2.42. The van der Waals surface area contributed by atoms with Crippen molar-refractivity contribution >= 4 is 17.6 Å². The van der Waals surface area contributed by atoms with Crippen LogP contribution in [0.25, 0.3) is 0 Å². The predicted octanol–water partition coefficient (Wildman–Crippen LogP) is 0.325. The molecule has 0 saturated carbocycles. The number of halogens is 1. The summed E-state index contributed by atoms with van der Waals surface area (Å²) in [6.07, 6.45) is 1.58. The molecule has 5 N–H and O–H groups in total. The fraction of sp³-hybridized carbons (Fsp3) is 0.385. The van der Waals surface area contributed by atoms with E-state index in [0.717, 1.165) is 18.1 Å². The van der Waals surface area contributed by atoms with E-state index in [1.54, 1.807) is 0 Å². The number of aryl methyl sites for hydroxylation is 1. The van der Waals surface area contributed by atoms with Gasteiger partial charge < -0.3 is 21.5 Å². The molecule has 1 aliphatic heterocycles. The number of carboxylic acids is 1. The Morgan fingerprint density at radius 1 is 1.50 bits per heavy atom. The van der Waals surface area contributed by atoms with Crippen molar-refractivity contribution in [3.63, 3.8) is 0 Å². The van der Waals surface area contributed by atoms with Gasteiger partial charge in [-0.15, -0.1) is 0 Å². The number of aliphatic carboxylic acids is 1. The standard InChI is InChI=1S/C13H16FN3O3/c14-8-4-7-2-1-3-16-11(7)9(5-8)12(18)17-6-10(15)13(19)20/h4-5,10,16H,1-3,6,15H2,(H,17,18)(H,19,20)/t10-/m1/s1. The van der Waals surface area contributed by atoms with Crippen LogP contribution in [0.5, 0.6) is 0 Å². The molecule has 0 fully saturated rings. The van der Waals surface area contributed by atoms with Crippen LogP contribution in [0.1, 0.15) is 22.3 Å². The van der Waals surface area contributed by atoms with E-state index in [1.165, 1.54) is 6.07 Å². The summed E-state index contributed by atoms with van der Waals surface area (Å²) in [7, 11) is 0. The molecule has 0 aromatic heterocycles. The summed E-state index contributed by atoms with van der Waals surface area (Å²) >= 11 is 0. The third-order valence-electron chi connectivity index (χ3n) is 3.15. The number of amides is 1. The van der Waals surface area contributed by atoms with Crippen LogP contribution in [-0.2, 0) is 11.2 Å². The van der Waals surface area contributed by atoms with Gasteiger partial charge >= 0.3 is 5.97 Å². The first-order valence-corrected chi connectivity index (χ1v) is 6.32. The van der Waals surface area contributed by atoms with Crippen LogP contribution in [0.2, 0.25) is 0 Å². The monoisotopic (exact) mass is 281 g/mol. The van der Waals surface area contributed by atoms with Crippen LogP contribution in [0.4, 0.5) is 10.1 Å². The summed E-state index contributed by atoms with van der Waals surface area (Å²) in [5.41, 5.74) is 6.85. The van der Waals surface area contributed by atoms with Gasteiger partial charge in [0.05, 0.1) is 11.3 Å². The molecular weight excluding hydrogens is 265 g/mol. The maximum atomic E-state index is 13.5. The molecule has 108 valence electrons. The summed E-state index contributed by atoms with van der Waals surface area (Å²) < 4.78 is 13.5. The third-order valence-corrected chi connectivity index (χ3v) is 3.15. The molecule has 0 aliphatic carbocycles. The summed E-state index contributed by atoms with van der Waals surface area (Å²) in [4.78, 5) is 22.6. The van der Waals surface area contributed by atoms with Crippen LogP contribution in [-0.4, -0.2) is 36.1 Å². The van der Waals surface area contributed by atoms with Gasteiger partial charge in [-0.2, -0.15) is 0 Å². The zero-order valence-electron chi connectivity index (χ0n) is 10.8. The van der Waals surface area contributed by atoms with Crippen molar-refractivity contribution < 1.29 is 19.1 Å². The number of fused-ring (bicyclic) bond motifs is 1. The molecule has 1 amide bonds. The number of carboxylic acid groups (broad SMARTS) is 1. The van der Waals surface area contributed by atoms with Gasteiger partial charge in [-0.05, 0) is 30.5 Å². The third kappa shape index (κ3) is 3.05. The Balaban J connectivity index is 2.17. The quantitative estimate of drug-likeness (QED) is 0.636. The smallest absolute Gasteiger partial charge is 0.322 e. The van der Waals surface area contributed by atoms with Gasteiger partial charge in [-0.3, -0.25) is 9.59 Å². The number of hydrogen-bond donors (Lipinski definition) is 4. The molecule has 1 aromatic rings. The Kier molecular flexibility index (Phi) is 4.19. The van der Waals surface area contributed by atoms with Crippen molar-refractivity contribution in [3.8, 4) is 0 Å². The van der Waals surface area contributed by atoms with Crippen LogP contribution in [0.3, 0.4) is 0 Å². The maximum absolute atomic E-state index is 13.5. The molecule has 6 nitrogen and oxygen atoms in total. The second-order valence-corrected chi connectivity index (χ2v) is 4.67. The van der Waals surface area contributed by atoms with Crippen LogP contribution >= 0.6 is 0 Å². The molecule has 1 aliphatic rings. The fourth-order valence-electron chi connectivity index (χ4n) is 2.13. The highest BCUT2D eigenvalue weighted by molar-refractivity contribution is 6.00. The molecule has 20 heavy (non-hydrogen) atoms. The Labute approximate surface area is 115 Å². The summed E-state index contributed by atoms with van der Waals surface area (Å²) in [5, 5.41) is 14.1. The van der Waals surface area contributed by atoms with E-state index in [4.69, 9.17) is 10.8 Å². The van der Waals surface area contributed by atoms with Gasteiger partial charge in [-0.1, -0.05) is 0 Å². The van der Waals surface area contributed by atoms with Gasteiger partial charge in [-0.25, -0.2) is 4.39 Å². The molecule has 0 unspecified atom stereocenters. The molecule has 1 aromatic carbocycles. The Morgan fingerprint density at radius 2 is 2.25 bits per heavy atom. The lowest BCUT2D eigenvalue weighted by molar-refractivity contribution is -0.138. The van der Waals surface area contributed by atoms with Gasteiger partial charge in [0.2, 0.25) is 0 Å². The van der Waals surface area contributed by atoms with Gasteiger partial charge in [0.1, 0.15) is 11.9 Å². The minimum Gasteiger partial charge on any atom is -0.480 e. The zero-order valence-corrected chi connectivity index (χ0v) is 10.8. The lowest BCUT2D eigenvalue weighted by atomic mass is 9.98. The second-order valence-electron chi connectivity index (χ2n) is 4.67. The number of hydrogen-bond acceptors (Lipinski definition) is 4. The highest BCUT2D eigenvalue weighted by atomic mass is 19.1. The molecule has 0 bridgehead atoms. The zero-order chi connectivity index (χ0) is 14.7. The highest BCUT2D eigenvalue weighted by Gasteiger charge is 2.20. The predicted molar refractivity (Wildman–Crippen MR) is 71.2 cm³/mol. The van der Waals surface area contributed by atoms with Gasteiger partial charge in [0.15, 0.2) is 0 Å². The molecule has 0 saturated heterocycles. The molecule has 7 heteroatoms. The van der Waals surface area contributed by atoms with Crippen molar-refractivity contribution in [1.29, 1.82) is 0 Å². The highest BCUT2D eigenvalue weighted by Crippen LogP contribution is 2.27. The summed E-state index contributed by atoms with van der Waals surface area (Å²) in [5.74, 6) is -2.23. The maximum Gasteiger partial charge on any atom is 0.322 e. The van der Waals surface area contributed by atoms with E-state index in [1.807, 2.05) is 0 Å². The number of benzene rings is 1. The molecule has 0 spiro atoms. The SMILES string of the molecule is N[C@H](CNC(=O)c1cc(F)cc2c1NCCC2)C(=O)O. The van der Waals surface area contributed by atoms with Crippen LogP contribution < -0.4 is 16.4 Å². The van der Waals surface area contributed by atoms with Gasteiger partial charge in [0, 0.05) is 13.1 Å². The first kappa shape index (κ1) is 14.3. The number of nitrogens with two attached hydrogens (primary N) is 1. The normalized spacial score (nSPS) is 14.9. The van der Waals surface area contributed by atoms with E-state index < -0.39 is 23.7 Å². The molecule has 1 heterocycles. The average Bonchev–Trinajstić information content (AvgIpc) is 2.43. The molecule has 0 radical (unpaired) electrons. The van der Waals surface area contributed by atoms with E-state index >= 15 is 0 Å². The summed E-state index contributed by atoms with van der Waals surface area (Å²) in [6.45, 7) is 0.507. The average molecular weight is 281 g/mol. The van der Waals surface area contributed by atoms with Crippen molar-refractivity contribution in [2.45, 2.75) is 18.9 Å². The van der Waals surface area contributed by atoms with Crippen molar-refractivity contribution in [3.05, 3.63) is 29.1 Å². The number of rotatable bonds is 4. The number of nitrogens with one attached hydrogen (secondary N) is 2. The Hall–Kier alpha value is -2.15. The first-order valence-electron chi connectivity index (χ1n) is 6.32. The Morgan fingerprint density at radius 3 is 2.95 bits per heavy atom. The summed E-state index contributed by atoms with van der Waals surface area (Å²) in [6, 6.07) is 1.36. The van der Waals surface area contributed by atoms with E-state index in [2.05, 4.69) is 10.6 Å². The first-order chi connectivity index (χ1) is 9.49. The minimum atomic E-state index is -1.20. The molecule has 1 atom stereocenters. The number of carbonyl (C=O) groups excluding carboxylic acids is 1. The lowest BCUT2D eigenvalue weighted by Gasteiger charge is -2.21. The Bertz CT molecular complexity index is 548. The van der Waals surface area contributed by atoms with Gasteiger partial charge in [0.25, 0.3) is 5.91 Å². The van der Waals surface area contributed by atoms with Crippen molar-refractivity contribution in [1.82, 2.24) is 5.32 Å². The molecule has 2 rings (SSSR count). The number of carbonyl (C=O) groups is 2. The van der Waals surface area contributed by atoms with Crippen LogP contribution in [0, 0.1) is 5.82 Å². The second kappa shape index (κ2) is 5.87. The van der Waals surface area contributed by atoms with Crippen molar-refractivity contribution in [2.75, 3.05) is 18.4 Å². The molecular formula is C13H16FN3O3. The van der Waals surface area contributed by atoms with E-state index in [0.29, 0.717) is 18.7 Å². The van der Waals surface area contributed by atoms with E-state index in [9.17, 15) is 14.0 Å². The largest absolute Gasteiger partial charge is 0.480 e. The number of anilines is 1. The van der Waals surface area contributed by atoms with Crippen molar-refractivity contribution in [2.24, 2.45) is 5.73 Å². The van der Waals surface area contributed by atoms with Crippen LogP contribution in [0.15, 0.2) is 12.1 Å². The van der Waals surface area contributed by atoms with E-state index in [-0.39, 0.29) is 12.1 Å². The topological polar surface area (TPSA) is 104 Å². The minimum absolute atomic E-state index is 0.178. The fourth-order valence-corrected chi connectivity index (χ4v) is 2.13.